The molecule has 0 radical (unpaired) electrons. The molecule has 4 nitrogen and oxygen atoms in total. The molecule has 0 unspecified atom stereocenters. The Labute approximate surface area is 95.9 Å². The minimum absolute atomic E-state index is 0.422. The van der Waals surface area contributed by atoms with E-state index in [2.05, 4.69) is 14.5 Å². The first-order chi connectivity index (χ1) is 7.75. The van der Waals surface area contributed by atoms with E-state index in [4.69, 9.17) is 0 Å². The van der Waals surface area contributed by atoms with Gasteiger partial charge in [0.2, 0.25) is 0 Å². The zero-order chi connectivity index (χ0) is 11.0. The predicted octanol–water partition coefficient (Wildman–Crippen LogP) is 1.00. The van der Waals surface area contributed by atoms with E-state index in [1.54, 1.807) is 0 Å². The van der Waals surface area contributed by atoms with Crippen molar-refractivity contribution < 1.29 is 5.11 Å². The summed E-state index contributed by atoms with van der Waals surface area (Å²) >= 11 is 0. The molecular weight excluding hydrogens is 202 g/mol. The third-order valence-corrected chi connectivity index (χ3v) is 3.88. The van der Waals surface area contributed by atoms with Crippen molar-refractivity contribution in [2.24, 2.45) is 0 Å². The molecule has 2 aliphatic rings. The maximum atomic E-state index is 10.4. The van der Waals surface area contributed by atoms with Crippen molar-refractivity contribution in [2.75, 3.05) is 13.1 Å². The lowest BCUT2D eigenvalue weighted by atomic mass is 10.0. The summed E-state index contributed by atoms with van der Waals surface area (Å²) in [5.41, 5.74) is -0.422. The second-order valence-electron chi connectivity index (χ2n) is 5.18. The first-order valence-electron chi connectivity index (χ1n) is 6.20. The van der Waals surface area contributed by atoms with Gasteiger partial charge in [-0.05, 0) is 12.8 Å². The van der Waals surface area contributed by atoms with Crippen molar-refractivity contribution in [3.05, 3.63) is 18.2 Å². The average molecular weight is 221 g/mol. The number of aliphatic hydroxyl groups is 1. The Morgan fingerprint density at radius 3 is 2.94 bits per heavy atom. The van der Waals surface area contributed by atoms with Crippen LogP contribution in [-0.2, 0) is 13.1 Å². The number of hydrogen-bond acceptors (Lipinski definition) is 3. The normalized spacial score (nSPS) is 24.6. The number of nitrogens with zero attached hydrogens (tertiary/aromatic N) is 3. The fourth-order valence-corrected chi connectivity index (χ4v) is 2.97. The van der Waals surface area contributed by atoms with Crippen LogP contribution in [0.1, 0.15) is 31.5 Å². The summed E-state index contributed by atoms with van der Waals surface area (Å²) in [5, 5.41) is 10.4. The van der Waals surface area contributed by atoms with Gasteiger partial charge in [0.1, 0.15) is 5.82 Å². The van der Waals surface area contributed by atoms with E-state index in [-0.39, 0.29) is 0 Å². The van der Waals surface area contributed by atoms with E-state index in [9.17, 15) is 5.11 Å². The summed E-state index contributed by atoms with van der Waals surface area (Å²) in [6.45, 7) is 3.74. The summed E-state index contributed by atoms with van der Waals surface area (Å²) in [6.07, 6.45) is 8.20. The maximum Gasteiger partial charge on any atom is 0.122 e. The lowest BCUT2D eigenvalue weighted by molar-refractivity contribution is 0.00166. The van der Waals surface area contributed by atoms with E-state index >= 15 is 0 Å². The molecule has 0 saturated heterocycles. The topological polar surface area (TPSA) is 41.3 Å². The van der Waals surface area contributed by atoms with Crippen LogP contribution in [0.15, 0.2) is 12.4 Å². The van der Waals surface area contributed by atoms with Crippen LogP contribution in [0.5, 0.6) is 0 Å². The molecule has 0 spiro atoms. The van der Waals surface area contributed by atoms with Gasteiger partial charge in [-0.3, -0.25) is 4.90 Å². The Bertz CT molecular complexity index is 368. The van der Waals surface area contributed by atoms with Crippen LogP contribution in [0, 0.1) is 0 Å². The predicted molar refractivity (Wildman–Crippen MR) is 60.9 cm³/mol. The molecule has 1 aliphatic heterocycles. The number of fused-ring (bicyclic) bond motifs is 1. The van der Waals surface area contributed by atoms with Gasteiger partial charge in [0.25, 0.3) is 0 Å². The maximum absolute atomic E-state index is 10.4. The third kappa shape index (κ3) is 1.87. The number of β-amino-alcohol motifs (C(OH)–C–C–N with tert-alkyl or cyclic N) is 1. The second-order valence-corrected chi connectivity index (χ2v) is 5.18. The molecule has 0 amide bonds. The number of aromatic nitrogens is 2. The molecule has 0 bridgehead atoms. The van der Waals surface area contributed by atoms with E-state index < -0.39 is 5.60 Å². The van der Waals surface area contributed by atoms with Crippen LogP contribution < -0.4 is 0 Å². The standard InChI is InChI=1S/C12H19N3O/c16-12(3-1-2-4-12)10-14-7-8-15-6-5-13-11(15)9-14/h5-6,16H,1-4,7-10H2. The van der Waals surface area contributed by atoms with Crippen molar-refractivity contribution in [1.82, 2.24) is 14.5 Å². The third-order valence-electron chi connectivity index (χ3n) is 3.88. The first kappa shape index (κ1) is 10.3. The zero-order valence-corrected chi connectivity index (χ0v) is 9.60. The SMILES string of the molecule is OC1(CN2CCn3ccnc3C2)CCCC1. The molecule has 1 aromatic heterocycles. The van der Waals surface area contributed by atoms with Crippen LogP contribution in [0.4, 0.5) is 0 Å². The summed E-state index contributed by atoms with van der Waals surface area (Å²) in [4.78, 5) is 6.68. The molecule has 1 aromatic rings. The minimum Gasteiger partial charge on any atom is -0.389 e. The molecule has 3 rings (SSSR count). The van der Waals surface area contributed by atoms with Crippen LogP contribution in [0.25, 0.3) is 0 Å². The number of imidazole rings is 1. The number of rotatable bonds is 2. The molecule has 0 aromatic carbocycles. The molecule has 1 aliphatic carbocycles. The average Bonchev–Trinajstić information content (AvgIpc) is 2.86. The van der Waals surface area contributed by atoms with Gasteiger partial charge in [0.15, 0.2) is 0 Å². The van der Waals surface area contributed by atoms with Gasteiger partial charge < -0.3 is 9.67 Å². The summed E-state index contributed by atoms with van der Waals surface area (Å²) < 4.78 is 2.20. The lowest BCUT2D eigenvalue weighted by Gasteiger charge is -2.33. The molecule has 1 fully saturated rings. The van der Waals surface area contributed by atoms with Crippen molar-refractivity contribution in [3.8, 4) is 0 Å². The summed E-state index contributed by atoms with van der Waals surface area (Å²) in [7, 11) is 0. The number of hydrogen-bond donors (Lipinski definition) is 1. The van der Waals surface area contributed by atoms with E-state index in [0.29, 0.717) is 0 Å². The van der Waals surface area contributed by atoms with Crippen molar-refractivity contribution in [1.29, 1.82) is 0 Å². The highest BCUT2D eigenvalue weighted by Crippen LogP contribution is 2.30. The van der Waals surface area contributed by atoms with Crippen molar-refractivity contribution >= 4 is 0 Å². The lowest BCUT2D eigenvalue weighted by Crippen LogP contribution is -2.44. The summed E-state index contributed by atoms with van der Waals surface area (Å²) in [6, 6.07) is 0. The second kappa shape index (κ2) is 3.86. The smallest absolute Gasteiger partial charge is 0.122 e. The van der Waals surface area contributed by atoms with Crippen LogP contribution >= 0.6 is 0 Å². The molecular formula is C12H19N3O. The highest BCUT2D eigenvalue weighted by Gasteiger charge is 2.33. The van der Waals surface area contributed by atoms with Crippen molar-refractivity contribution in [2.45, 2.75) is 44.4 Å². The molecule has 4 heteroatoms. The Kier molecular flexibility index (Phi) is 2.48. The molecule has 1 N–H and O–H groups in total. The zero-order valence-electron chi connectivity index (χ0n) is 9.60. The molecule has 2 heterocycles. The van der Waals surface area contributed by atoms with Crippen LogP contribution in [0.3, 0.4) is 0 Å². The first-order valence-corrected chi connectivity index (χ1v) is 6.20. The van der Waals surface area contributed by atoms with Gasteiger partial charge >= 0.3 is 0 Å². The van der Waals surface area contributed by atoms with E-state index in [0.717, 1.165) is 44.8 Å². The molecule has 0 atom stereocenters. The molecule has 16 heavy (non-hydrogen) atoms. The highest BCUT2D eigenvalue weighted by atomic mass is 16.3. The highest BCUT2D eigenvalue weighted by molar-refractivity contribution is 4.97. The Morgan fingerprint density at radius 2 is 2.12 bits per heavy atom. The van der Waals surface area contributed by atoms with Gasteiger partial charge in [-0.15, -0.1) is 0 Å². The summed E-state index contributed by atoms with van der Waals surface area (Å²) in [5.74, 6) is 1.13. The van der Waals surface area contributed by atoms with Gasteiger partial charge in [-0.2, -0.15) is 0 Å². The van der Waals surface area contributed by atoms with Gasteiger partial charge in [0, 0.05) is 32.0 Å². The fraction of sp³-hybridized carbons (Fsp3) is 0.750. The van der Waals surface area contributed by atoms with E-state index in [1.165, 1.54) is 12.8 Å². The van der Waals surface area contributed by atoms with Crippen molar-refractivity contribution in [3.63, 3.8) is 0 Å². The monoisotopic (exact) mass is 221 g/mol. The Hall–Kier alpha value is -0.870. The van der Waals surface area contributed by atoms with Crippen LogP contribution in [-0.4, -0.2) is 38.2 Å². The fourth-order valence-electron chi connectivity index (χ4n) is 2.97. The van der Waals surface area contributed by atoms with Gasteiger partial charge in [-0.1, -0.05) is 12.8 Å². The Morgan fingerprint density at radius 1 is 1.31 bits per heavy atom. The van der Waals surface area contributed by atoms with Crippen LogP contribution in [0.2, 0.25) is 0 Å². The molecule has 1 saturated carbocycles. The van der Waals surface area contributed by atoms with Gasteiger partial charge in [0.05, 0.1) is 12.1 Å². The largest absolute Gasteiger partial charge is 0.389 e. The quantitative estimate of drug-likeness (QED) is 0.810. The Balaban J connectivity index is 1.65. The van der Waals surface area contributed by atoms with E-state index in [1.807, 2.05) is 12.4 Å². The van der Waals surface area contributed by atoms with Gasteiger partial charge in [-0.25, -0.2) is 4.98 Å². The molecule has 88 valence electrons. The minimum atomic E-state index is -0.422.